The number of fused-ring (bicyclic) bond motifs is 3. The monoisotopic (exact) mass is 484 g/mol. The Morgan fingerprint density at radius 3 is 2.31 bits per heavy atom. The maximum atomic E-state index is 12.4. The van der Waals surface area contributed by atoms with Gasteiger partial charge < -0.3 is 18.9 Å². The molecule has 1 aromatic rings. The zero-order valence-corrected chi connectivity index (χ0v) is 19.6. The number of benzene rings is 1. The van der Waals surface area contributed by atoms with E-state index in [2.05, 4.69) is 6.58 Å². The summed E-state index contributed by atoms with van der Waals surface area (Å²) >= 11 is 0. The predicted octanol–water partition coefficient (Wildman–Crippen LogP) is 3.11. The second-order valence-electron chi connectivity index (χ2n) is 9.24. The van der Waals surface area contributed by atoms with E-state index in [1.54, 1.807) is 25.1 Å². The number of carbonyl (C=O) groups is 5. The number of hydrogen-bond donors (Lipinski definition) is 0. The summed E-state index contributed by atoms with van der Waals surface area (Å²) in [4.78, 5) is 60.0. The van der Waals surface area contributed by atoms with Crippen LogP contribution in [0, 0.1) is 11.8 Å². The minimum absolute atomic E-state index is 0.0476. The highest BCUT2D eigenvalue weighted by molar-refractivity contribution is 6.01. The fraction of sp³-hybridized carbons (Fsp3) is 0.500. The number of cyclic esters (lactones) is 4. The van der Waals surface area contributed by atoms with Crippen LogP contribution in [0.3, 0.4) is 0 Å². The Morgan fingerprint density at radius 2 is 1.63 bits per heavy atom. The standard InChI is InChI=1S/C26H28O9/c1-14(2)23(28)33-10-6-4-3-5-9-32-15-7-8-16-17(19-13-21(27)34-24(19)29)12-20-22(18(16)11-15)26(31)35-25(20)30/h7-8,11,17,19-20,22H,1,3-6,9-10,12-13H2,2H3. The third-order valence-electron chi connectivity index (χ3n) is 6.74. The number of ether oxygens (including phenoxy) is 4. The first kappa shape index (κ1) is 24.6. The molecular weight excluding hydrogens is 456 g/mol. The molecule has 0 amide bonds. The Morgan fingerprint density at radius 1 is 0.914 bits per heavy atom. The van der Waals surface area contributed by atoms with E-state index in [0.717, 1.165) is 31.2 Å². The number of esters is 5. The summed E-state index contributed by atoms with van der Waals surface area (Å²) in [6.45, 7) is 5.96. The molecule has 0 radical (unpaired) electrons. The molecule has 0 bridgehead atoms. The smallest absolute Gasteiger partial charge is 0.333 e. The van der Waals surface area contributed by atoms with Crippen LogP contribution in [0.1, 0.15) is 68.4 Å². The maximum Gasteiger partial charge on any atom is 0.333 e. The van der Waals surface area contributed by atoms with Crippen LogP contribution in [-0.2, 0) is 38.2 Å². The van der Waals surface area contributed by atoms with E-state index < -0.39 is 47.5 Å². The van der Waals surface area contributed by atoms with Crippen molar-refractivity contribution in [1.29, 1.82) is 0 Å². The molecule has 1 aliphatic carbocycles. The minimum Gasteiger partial charge on any atom is -0.494 e. The molecule has 2 fully saturated rings. The average Bonchev–Trinajstić information content (AvgIpc) is 3.31. The van der Waals surface area contributed by atoms with E-state index in [1.165, 1.54) is 0 Å². The Kier molecular flexibility index (Phi) is 7.33. The summed E-state index contributed by atoms with van der Waals surface area (Å²) in [6, 6.07) is 5.30. The highest BCUT2D eigenvalue weighted by Crippen LogP contribution is 2.51. The second kappa shape index (κ2) is 10.4. The summed E-state index contributed by atoms with van der Waals surface area (Å²) in [5, 5.41) is 0. The molecule has 2 saturated heterocycles. The van der Waals surface area contributed by atoms with Gasteiger partial charge in [0.05, 0.1) is 37.4 Å². The van der Waals surface area contributed by atoms with E-state index in [9.17, 15) is 24.0 Å². The van der Waals surface area contributed by atoms with Crippen LogP contribution in [0.2, 0.25) is 0 Å². The van der Waals surface area contributed by atoms with Gasteiger partial charge in [-0.15, -0.1) is 0 Å². The highest BCUT2D eigenvalue weighted by Gasteiger charge is 2.53. The van der Waals surface area contributed by atoms with Gasteiger partial charge in [-0.3, -0.25) is 19.2 Å². The van der Waals surface area contributed by atoms with E-state index in [-0.39, 0.29) is 18.8 Å². The zero-order chi connectivity index (χ0) is 25.1. The van der Waals surface area contributed by atoms with Gasteiger partial charge in [0.1, 0.15) is 5.75 Å². The fourth-order valence-corrected chi connectivity index (χ4v) is 4.98. The summed E-state index contributed by atoms with van der Waals surface area (Å²) in [6.07, 6.45) is 3.51. The molecule has 9 heteroatoms. The quantitative estimate of drug-likeness (QED) is 0.162. The molecule has 1 aromatic carbocycles. The lowest BCUT2D eigenvalue weighted by molar-refractivity contribution is -0.155. The van der Waals surface area contributed by atoms with Crippen molar-refractivity contribution < 1.29 is 42.9 Å². The van der Waals surface area contributed by atoms with Gasteiger partial charge in [-0.2, -0.15) is 0 Å². The number of rotatable bonds is 10. The van der Waals surface area contributed by atoms with Crippen molar-refractivity contribution in [2.75, 3.05) is 13.2 Å². The van der Waals surface area contributed by atoms with Gasteiger partial charge in [-0.25, -0.2) is 4.79 Å². The summed E-state index contributed by atoms with van der Waals surface area (Å²) in [5.41, 5.74) is 1.73. The number of unbranched alkanes of at least 4 members (excludes halogenated alkanes) is 3. The SMILES string of the molecule is C=C(C)C(=O)OCCCCCCOc1ccc2c(c1)C1C(=O)OC(=O)C1CC2C1CC(=O)OC1=O. The van der Waals surface area contributed by atoms with Crippen LogP contribution >= 0.6 is 0 Å². The van der Waals surface area contributed by atoms with Crippen LogP contribution < -0.4 is 4.74 Å². The molecule has 0 saturated carbocycles. The Labute approximate surface area is 202 Å². The molecule has 9 nitrogen and oxygen atoms in total. The fourth-order valence-electron chi connectivity index (χ4n) is 4.98. The molecule has 2 aliphatic heterocycles. The first-order valence-corrected chi connectivity index (χ1v) is 11.9. The lowest BCUT2D eigenvalue weighted by Crippen LogP contribution is -2.31. The van der Waals surface area contributed by atoms with Crippen molar-refractivity contribution in [2.45, 2.75) is 57.3 Å². The maximum absolute atomic E-state index is 12.4. The minimum atomic E-state index is -0.743. The average molecular weight is 485 g/mol. The van der Waals surface area contributed by atoms with Crippen molar-refractivity contribution in [3.63, 3.8) is 0 Å². The van der Waals surface area contributed by atoms with Crippen LogP contribution in [0.5, 0.6) is 5.75 Å². The van der Waals surface area contributed by atoms with Gasteiger partial charge in [0.2, 0.25) is 0 Å². The topological polar surface area (TPSA) is 122 Å². The van der Waals surface area contributed by atoms with Crippen LogP contribution in [0.25, 0.3) is 0 Å². The number of carbonyl (C=O) groups excluding carboxylic acids is 5. The van der Waals surface area contributed by atoms with Crippen LogP contribution in [-0.4, -0.2) is 43.1 Å². The highest BCUT2D eigenvalue weighted by atomic mass is 16.6. The molecule has 4 unspecified atom stereocenters. The van der Waals surface area contributed by atoms with E-state index in [1.807, 2.05) is 0 Å². The summed E-state index contributed by atoms with van der Waals surface area (Å²) in [7, 11) is 0. The molecular formula is C26H28O9. The first-order chi connectivity index (χ1) is 16.8. The normalized spacial score (nSPS) is 24.9. The first-order valence-electron chi connectivity index (χ1n) is 11.9. The molecule has 0 aromatic heterocycles. The molecule has 3 aliphatic rings. The predicted molar refractivity (Wildman–Crippen MR) is 120 cm³/mol. The van der Waals surface area contributed by atoms with Gasteiger partial charge in [0, 0.05) is 5.57 Å². The molecule has 0 N–H and O–H groups in total. The van der Waals surface area contributed by atoms with Gasteiger partial charge in [-0.1, -0.05) is 12.6 Å². The van der Waals surface area contributed by atoms with Gasteiger partial charge >= 0.3 is 29.8 Å². The van der Waals surface area contributed by atoms with Crippen molar-refractivity contribution in [2.24, 2.45) is 11.8 Å². The van der Waals surface area contributed by atoms with Crippen molar-refractivity contribution >= 4 is 29.8 Å². The Balaban J connectivity index is 1.37. The molecule has 0 spiro atoms. The van der Waals surface area contributed by atoms with Crippen LogP contribution in [0.15, 0.2) is 30.4 Å². The zero-order valence-electron chi connectivity index (χ0n) is 19.6. The summed E-state index contributed by atoms with van der Waals surface area (Å²) in [5.74, 6) is -4.76. The Bertz CT molecular complexity index is 1070. The molecule has 4 rings (SSSR count). The van der Waals surface area contributed by atoms with Crippen molar-refractivity contribution in [1.82, 2.24) is 0 Å². The lowest BCUT2D eigenvalue weighted by Gasteiger charge is -2.33. The largest absolute Gasteiger partial charge is 0.494 e. The number of hydrogen-bond acceptors (Lipinski definition) is 9. The molecule has 4 atom stereocenters. The van der Waals surface area contributed by atoms with E-state index in [0.29, 0.717) is 30.1 Å². The molecule has 35 heavy (non-hydrogen) atoms. The van der Waals surface area contributed by atoms with Crippen molar-refractivity contribution in [3.8, 4) is 5.75 Å². The van der Waals surface area contributed by atoms with E-state index >= 15 is 0 Å². The lowest BCUT2D eigenvalue weighted by atomic mass is 9.67. The molecule has 2 heterocycles. The third kappa shape index (κ3) is 5.28. The Hall–Kier alpha value is -3.49. The van der Waals surface area contributed by atoms with Crippen LogP contribution in [0.4, 0.5) is 0 Å². The van der Waals surface area contributed by atoms with Gasteiger partial charge in [0.15, 0.2) is 0 Å². The molecule has 186 valence electrons. The second-order valence-corrected chi connectivity index (χ2v) is 9.24. The summed E-state index contributed by atoms with van der Waals surface area (Å²) < 4.78 is 20.6. The van der Waals surface area contributed by atoms with Gasteiger partial charge in [0.25, 0.3) is 0 Å². The third-order valence-corrected chi connectivity index (χ3v) is 6.74. The van der Waals surface area contributed by atoms with Gasteiger partial charge in [-0.05, 0) is 68.2 Å². The van der Waals surface area contributed by atoms with E-state index in [4.69, 9.17) is 18.9 Å². The van der Waals surface area contributed by atoms with Crippen molar-refractivity contribution in [3.05, 3.63) is 41.5 Å².